The van der Waals surface area contributed by atoms with Crippen molar-refractivity contribution in [3.8, 4) is 0 Å². The maximum atomic E-state index is 11.9. The first-order valence-electron chi connectivity index (χ1n) is 6.19. The van der Waals surface area contributed by atoms with Crippen LogP contribution in [0.2, 0.25) is 0 Å². The predicted molar refractivity (Wildman–Crippen MR) is 67.8 cm³/mol. The van der Waals surface area contributed by atoms with E-state index in [2.05, 4.69) is 24.5 Å². The minimum atomic E-state index is 0. The van der Waals surface area contributed by atoms with E-state index in [0.29, 0.717) is 23.3 Å². The molecule has 94 valence electrons. The molecule has 2 aliphatic rings. The van der Waals surface area contributed by atoms with Crippen LogP contribution in [0.5, 0.6) is 0 Å². The number of nitrogens with one attached hydrogen (secondary N) is 2. The minimum Gasteiger partial charge on any atom is -0.353 e. The molecule has 1 aliphatic carbocycles. The zero-order valence-electron chi connectivity index (χ0n) is 10.2. The summed E-state index contributed by atoms with van der Waals surface area (Å²) in [4.78, 5) is 11.9. The van der Waals surface area contributed by atoms with E-state index >= 15 is 0 Å². The van der Waals surface area contributed by atoms with Crippen LogP contribution in [0.4, 0.5) is 0 Å². The van der Waals surface area contributed by atoms with Crippen molar-refractivity contribution < 1.29 is 4.79 Å². The number of rotatable bonds is 3. The molecule has 2 rings (SSSR count). The lowest BCUT2D eigenvalue weighted by Gasteiger charge is -2.23. The summed E-state index contributed by atoms with van der Waals surface area (Å²) in [6, 6.07) is 0.330. The Labute approximate surface area is 104 Å². The van der Waals surface area contributed by atoms with E-state index in [1.807, 2.05) is 0 Å². The summed E-state index contributed by atoms with van der Waals surface area (Å²) in [6.45, 7) is 6.37. The number of halogens is 1. The highest BCUT2D eigenvalue weighted by Gasteiger charge is 2.57. The van der Waals surface area contributed by atoms with Gasteiger partial charge in [0.25, 0.3) is 0 Å². The SMILES string of the molecule is CCC(C)NC(=O)C1CC12CCNCC2.Cl. The first-order valence-corrected chi connectivity index (χ1v) is 6.19. The number of piperidine rings is 1. The van der Waals surface area contributed by atoms with Crippen LogP contribution in [0.3, 0.4) is 0 Å². The Kier molecular flexibility index (Phi) is 4.62. The van der Waals surface area contributed by atoms with E-state index < -0.39 is 0 Å². The summed E-state index contributed by atoms with van der Waals surface area (Å²) in [6.07, 6.45) is 4.52. The van der Waals surface area contributed by atoms with Gasteiger partial charge in [0.05, 0.1) is 0 Å². The second kappa shape index (κ2) is 5.37. The number of hydrogen-bond donors (Lipinski definition) is 2. The Morgan fingerprint density at radius 2 is 2.12 bits per heavy atom. The van der Waals surface area contributed by atoms with Gasteiger partial charge < -0.3 is 10.6 Å². The topological polar surface area (TPSA) is 41.1 Å². The third-order valence-electron chi connectivity index (χ3n) is 4.11. The quantitative estimate of drug-likeness (QED) is 0.796. The average molecular weight is 247 g/mol. The standard InChI is InChI=1S/C12H22N2O.ClH/c1-3-9(2)14-11(15)10-8-12(10)4-6-13-7-5-12;/h9-10,13H,3-8H2,1-2H3,(H,14,15);1H. The molecule has 2 atom stereocenters. The number of hydrogen-bond acceptors (Lipinski definition) is 2. The Bertz CT molecular complexity index is 251. The zero-order valence-corrected chi connectivity index (χ0v) is 11.0. The molecule has 0 radical (unpaired) electrons. The first-order chi connectivity index (χ1) is 7.18. The summed E-state index contributed by atoms with van der Waals surface area (Å²) in [5.74, 6) is 0.611. The van der Waals surface area contributed by atoms with Gasteiger partial charge in [-0.25, -0.2) is 0 Å². The smallest absolute Gasteiger partial charge is 0.223 e. The van der Waals surface area contributed by atoms with Gasteiger partial charge >= 0.3 is 0 Å². The Morgan fingerprint density at radius 3 is 2.69 bits per heavy atom. The molecule has 2 fully saturated rings. The molecule has 0 aromatic heterocycles. The number of carbonyl (C=O) groups excluding carboxylic acids is 1. The molecule has 16 heavy (non-hydrogen) atoms. The fourth-order valence-electron chi connectivity index (χ4n) is 2.64. The molecule has 4 heteroatoms. The fraction of sp³-hybridized carbons (Fsp3) is 0.917. The second-order valence-corrected chi connectivity index (χ2v) is 5.19. The van der Waals surface area contributed by atoms with E-state index in [4.69, 9.17) is 0 Å². The van der Waals surface area contributed by atoms with Gasteiger partial charge in [-0.1, -0.05) is 6.92 Å². The van der Waals surface area contributed by atoms with Gasteiger partial charge in [-0.05, 0) is 51.1 Å². The summed E-state index contributed by atoms with van der Waals surface area (Å²) in [7, 11) is 0. The van der Waals surface area contributed by atoms with E-state index in [1.165, 1.54) is 12.8 Å². The third-order valence-corrected chi connectivity index (χ3v) is 4.11. The molecule has 1 saturated heterocycles. The highest BCUT2D eigenvalue weighted by Crippen LogP contribution is 2.58. The minimum absolute atomic E-state index is 0. The van der Waals surface area contributed by atoms with E-state index in [9.17, 15) is 4.79 Å². The molecule has 3 nitrogen and oxygen atoms in total. The fourth-order valence-corrected chi connectivity index (χ4v) is 2.64. The molecule has 1 amide bonds. The second-order valence-electron chi connectivity index (χ2n) is 5.19. The maximum absolute atomic E-state index is 11.9. The van der Waals surface area contributed by atoms with Gasteiger partial charge in [0.2, 0.25) is 5.91 Å². The molecule has 2 unspecified atom stereocenters. The van der Waals surface area contributed by atoms with Gasteiger partial charge in [-0.2, -0.15) is 0 Å². The van der Waals surface area contributed by atoms with Gasteiger partial charge in [0.15, 0.2) is 0 Å². The first kappa shape index (κ1) is 13.8. The van der Waals surface area contributed by atoms with Crippen LogP contribution in [0, 0.1) is 11.3 Å². The summed E-state index contributed by atoms with van der Waals surface area (Å²) in [5.41, 5.74) is 0.378. The molecule has 1 spiro atoms. The third kappa shape index (κ3) is 2.69. The van der Waals surface area contributed by atoms with Crippen molar-refractivity contribution in [1.82, 2.24) is 10.6 Å². The van der Waals surface area contributed by atoms with Gasteiger partial charge in [-0.15, -0.1) is 12.4 Å². The number of amides is 1. The lowest BCUT2D eigenvalue weighted by atomic mass is 9.91. The summed E-state index contributed by atoms with van der Waals surface area (Å²) < 4.78 is 0. The molecule has 0 aromatic carbocycles. The molecule has 1 saturated carbocycles. The van der Waals surface area contributed by atoms with Crippen LogP contribution in [-0.4, -0.2) is 25.0 Å². The van der Waals surface area contributed by atoms with Gasteiger partial charge in [0, 0.05) is 12.0 Å². The Morgan fingerprint density at radius 1 is 1.50 bits per heavy atom. The summed E-state index contributed by atoms with van der Waals surface area (Å²) >= 11 is 0. The maximum Gasteiger partial charge on any atom is 0.223 e. The molecule has 1 aliphatic heterocycles. The highest BCUT2D eigenvalue weighted by atomic mass is 35.5. The lowest BCUT2D eigenvalue weighted by molar-refractivity contribution is -0.123. The molecular formula is C12H23ClN2O. The average Bonchev–Trinajstić information content (AvgIpc) is 2.93. The van der Waals surface area contributed by atoms with Crippen molar-refractivity contribution in [3.05, 3.63) is 0 Å². The van der Waals surface area contributed by atoms with Crippen LogP contribution >= 0.6 is 12.4 Å². The van der Waals surface area contributed by atoms with Crippen LogP contribution in [0.15, 0.2) is 0 Å². The van der Waals surface area contributed by atoms with Crippen molar-refractivity contribution in [2.24, 2.45) is 11.3 Å². The van der Waals surface area contributed by atoms with E-state index in [-0.39, 0.29) is 12.4 Å². The van der Waals surface area contributed by atoms with Crippen molar-refractivity contribution in [3.63, 3.8) is 0 Å². The van der Waals surface area contributed by atoms with Crippen molar-refractivity contribution >= 4 is 18.3 Å². The van der Waals surface area contributed by atoms with Crippen LogP contribution in [0.25, 0.3) is 0 Å². The van der Waals surface area contributed by atoms with Gasteiger partial charge in [-0.3, -0.25) is 4.79 Å². The Hall–Kier alpha value is -0.280. The molecule has 0 bridgehead atoms. The van der Waals surface area contributed by atoms with Crippen LogP contribution in [-0.2, 0) is 4.79 Å². The van der Waals surface area contributed by atoms with Crippen molar-refractivity contribution in [1.29, 1.82) is 0 Å². The number of carbonyl (C=O) groups is 1. The lowest BCUT2D eigenvalue weighted by Crippen LogP contribution is -2.37. The normalized spacial score (nSPS) is 28.0. The predicted octanol–water partition coefficient (Wildman–Crippen LogP) is 1.71. The zero-order chi connectivity index (χ0) is 10.9. The van der Waals surface area contributed by atoms with Crippen molar-refractivity contribution in [2.75, 3.05) is 13.1 Å². The van der Waals surface area contributed by atoms with Crippen molar-refractivity contribution in [2.45, 2.75) is 45.6 Å². The van der Waals surface area contributed by atoms with E-state index in [0.717, 1.165) is 25.9 Å². The highest BCUT2D eigenvalue weighted by molar-refractivity contribution is 5.85. The summed E-state index contributed by atoms with van der Waals surface area (Å²) in [5, 5.41) is 6.46. The van der Waals surface area contributed by atoms with E-state index in [1.54, 1.807) is 0 Å². The molecule has 0 aromatic rings. The largest absolute Gasteiger partial charge is 0.353 e. The van der Waals surface area contributed by atoms with Crippen LogP contribution in [0.1, 0.15) is 39.5 Å². The Balaban J connectivity index is 0.00000128. The molecule has 1 heterocycles. The monoisotopic (exact) mass is 246 g/mol. The molecular weight excluding hydrogens is 224 g/mol. The van der Waals surface area contributed by atoms with Gasteiger partial charge in [0.1, 0.15) is 0 Å². The molecule has 2 N–H and O–H groups in total. The van der Waals surface area contributed by atoms with Crippen LogP contribution < -0.4 is 10.6 Å².